The summed E-state index contributed by atoms with van der Waals surface area (Å²) < 4.78 is 0. The second-order valence-electron chi connectivity index (χ2n) is 7.84. The Labute approximate surface area is 165 Å². The molecule has 0 radical (unpaired) electrons. The van der Waals surface area contributed by atoms with E-state index in [1.54, 1.807) is 12.5 Å². The number of amides is 2. The summed E-state index contributed by atoms with van der Waals surface area (Å²) in [6, 6.07) is 1.94. The van der Waals surface area contributed by atoms with Gasteiger partial charge in [-0.05, 0) is 38.3 Å². The number of aryl methyl sites for hydroxylation is 2. The van der Waals surface area contributed by atoms with E-state index in [0.717, 1.165) is 29.1 Å². The number of rotatable bonds is 2. The molecule has 4 heterocycles. The minimum Gasteiger partial charge on any atom is -0.348 e. The minimum absolute atomic E-state index is 0.0197. The van der Waals surface area contributed by atoms with Gasteiger partial charge in [0.15, 0.2) is 0 Å². The second-order valence-corrected chi connectivity index (χ2v) is 7.84. The summed E-state index contributed by atoms with van der Waals surface area (Å²) in [5, 5.41) is 0. The van der Waals surface area contributed by atoms with Crippen molar-refractivity contribution in [3.63, 3.8) is 0 Å². The number of likely N-dealkylation sites (tertiary alicyclic amines) is 1. The molecule has 2 aliphatic heterocycles. The lowest BCUT2D eigenvalue weighted by Gasteiger charge is -2.50. The average Bonchev–Trinajstić information content (AvgIpc) is 3.18. The average molecular weight is 381 g/mol. The summed E-state index contributed by atoms with van der Waals surface area (Å²) in [6.07, 6.45) is 6.11. The molecule has 7 nitrogen and oxygen atoms in total. The standard InChI is InChI=1S/C21H27N5O2/c1-4-18(27)26-8-5-17-19(24-13-23-17)21(26)6-9-25(10-7-21)20(28)16-12-22-15(3)11-14(16)2/h11-13H,4-10H2,1-3H3,(H,23,24). The fourth-order valence-corrected chi connectivity index (χ4v) is 4.71. The Bertz CT molecular complexity index is 911. The smallest absolute Gasteiger partial charge is 0.255 e. The Morgan fingerprint density at radius 3 is 2.61 bits per heavy atom. The largest absolute Gasteiger partial charge is 0.348 e. The van der Waals surface area contributed by atoms with Gasteiger partial charge in [-0.15, -0.1) is 0 Å². The van der Waals surface area contributed by atoms with Crippen molar-refractivity contribution in [2.45, 2.75) is 52.0 Å². The highest BCUT2D eigenvalue weighted by Crippen LogP contribution is 2.42. The molecule has 0 atom stereocenters. The van der Waals surface area contributed by atoms with Crippen LogP contribution >= 0.6 is 0 Å². The zero-order chi connectivity index (χ0) is 19.9. The number of fused-ring (bicyclic) bond motifs is 2. The monoisotopic (exact) mass is 381 g/mol. The van der Waals surface area contributed by atoms with Gasteiger partial charge in [-0.1, -0.05) is 6.92 Å². The second kappa shape index (κ2) is 7.04. The molecule has 28 heavy (non-hydrogen) atoms. The van der Waals surface area contributed by atoms with Gasteiger partial charge < -0.3 is 14.8 Å². The van der Waals surface area contributed by atoms with Crippen LogP contribution in [0.25, 0.3) is 0 Å². The van der Waals surface area contributed by atoms with Crippen LogP contribution in [0.3, 0.4) is 0 Å². The molecule has 0 aromatic carbocycles. The zero-order valence-electron chi connectivity index (χ0n) is 16.8. The van der Waals surface area contributed by atoms with Crippen molar-refractivity contribution in [1.29, 1.82) is 0 Å². The maximum atomic E-state index is 13.1. The van der Waals surface area contributed by atoms with Crippen molar-refractivity contribution >= 4 is 11.8 Å². The summed E-state index contributed by atoms with van der Waals surface area (Å²) in [4.78, 5) is 41.8. The van der Waals surface area contributed by atoms with Gasteiger partial charge in [-0.25, -0.2) is 4.98 Å². The quantitative estimate of drug-likeness (QED) is 0.866. The minimum atomic E-state index is -0.405. The first-order chi connectivity index (χ1) is 13.5. The van der Waals surface area contributed by atoms with Crippen molar-refractivity contribution in [2.24, 2.45) is 0 Å². The van der Waals surface area contributed by atoms with Crippen LogP contribution in [0.1, 0.15) is 59.2 Å². The van der Waals surface area contributed by atoms with Gasteiger partial charge in [-0.2, -0.15) is 0 Å². The summed E-state index contributed by atoms with van der Waals surface area (Å²) in [5.74, 6) is 0.179. The summed E-state index contributed by atoms with van der Waals surface area (Å²) >= 11 is 0. The first kappa shape index (κ1) is 18.7. The summed E-state index contributed by atoms with van der Waals surface area (Å²) in [7, 11) is 0. The summed E-state index contributed by atoms with van der Waals surface area (Å²) in [5.41, 5.74) is 4.23. The van der Waals surface area contributed by atoms with Gasteiger partial charge in [0, 0.05) is 50.1 Å². The van der Waals surface area contributed by atoms with E-state index >= 15 is 0 Å². The normalized spacial score (nSPS) is 18.2. The maximum absolute atomic E-state index is 13.1. The van der Waals surface area contributed by atoms with Crippen LogP contribution < -0.4 is 0 Å². The third-order valence-corrected chi connectivity index (χ3v) is 6.22. The van der Waals surface area contributed by atoms with Crippen LogP contribution in [0.15, 0.2) is 18.6 Å². The van der Waals surface area contributed by atoms with E-state index in [-0.39, 0.29) is 11.8 Å². The number of carbonyl (C=O) groups excluding carboxylic acids is 2. The third-order valence-electron chi connectivity index (χ3n) is 6.22. The van der Waals surface area contributed by atoms with Crippen molar-refractivity contribution in [2.75, 3.05) is 19.6 Å². The van der Waals surface area contributed by atoms with Gasteiger partial charge in [0.05, 0.1) is 23.1 Å². The molecule has 0 bridgehead atoms. The van der Waals surface area contributed by atoms with Gasteiger partial charge >= 0.3 is 0 Å². The number of aromatic nitrogens is 3. The number of nitrogens with one attached hydrogen (secondary N) is 1. The van der Waals surface area contributed by atoms with Gasteiger partial charge in [0.1, 0.15) is 0 Å². The van der Waals surface area contributed by atoms with Crippen LogP contribution in [-0.4, -0.2) is 56.2 Å². The highest BCUT2D eigenvalue weighted by atomic mass is 16.2. The number of hydrogen-bond acceptors (Lipinski definition) is 4. The molecule has 2 aromatic heterocycles. The van der Waals surface area contributed by atoms with E-state index < -0.39 is 5.54 Å². The Morgan fingerprint density at radius 2 is 1.93 bits per heavy atom. The van der Waals surface area contributed by atoms with Gasteiger partial charge in [0.25, 0.3) is 5.91 Å². The van der Waals surface area contributed by atoms with Gasteiger partial charge in [0.2, 0.25) is 5.91 Å². The number of hydrogen-bond donors (Lipinski definition) is 1. The van der Waals surface area contributed by atoms with E-state index in [1.807, 2.05) is 36.6 Å². The van der Waals surface area contributed by atoms with Crippen LogP contribution in [0.5, 0.6) is 0 Å². The Morgan fingerprint density at radius 1 is 1.18 bits per heavy atom. The topological polar surface area (TPSA) is 82.2 Å². The molecule has 0 unspecified atom stereocenters. The highest BCUT2D eigenvalue weighted by molar-refractivity contribution is 5.95. The van der Waals surface area contributed by atoms with Crippen LogP contribution in [0, 0.1) is 13.8 Å². The summed E-state index contributed by atoms with van der Waals surface area (Å²) in [6.45, 7) is 7.69. The molecule has 4 rings (SSSR count). The molecule has 2 amide bonds. The van der Waals surface area contributed by atoms with E-state index in [9.17, 15) is 9.59 Å². The highest BCUT2D eigenvalue weighted by Gasteiger charge is 2.48. The molecule has 1 N–H and O–H groups in total. The molecular weight excluding hydrogens is 354 g/mol. The first-order valence-electron chi connectivity index (χ1n) is 10.0. The lowest BCUT2D eigenvalue weighted by molar-refractivity contribution is -0.141. The predicted octanol–water partition coefficient (Wildman–Crippen LogP) is 2.35. The number of piperidine rings is 1. The Hall–Kier alpha value is -2.70. The number of imidazole rings is 1. The van der Waals surface area contributed by atoms with Gasteiger partial charge in [-0.3, -0.25) is 14.6 Å². The van der Waals surface area contributed by atoms with E-state index in [4.69, 9.17) is 0 Å². The molecule has 0 saturated carbocycles. The first-order valence-corrected chi connectivity index (χ1v) is 10.0. The number of nitrogens with zero attached hydrogens (tertiary/aromatic N) is 4. The lowest BCUT2D eigenvalue weighted by atomic mass is 9.78. The van der Waals surface area contributed by atoms with Crippen molar-refractivity contribution < 1.29 is 9.59 Å². The van der Waals surface area contributed by atoms with Crippen LogP contribution in [0.2, 0.25) is 0 Å². The predicted molar refractivity (Wildman–Crippen MR) is 105 cm³/mol. The third kappa shape index (κ3) is 2.89. The molecule has 1 spiro atoms. The molecule has 0 aliphatic carbocycles. The number of aromatic amines is 1. The molecule has 7 heteroatoms. The van der Waals surface area contributed by atoms with Crippen LogP contribution in [-0.2, 0) is 16.8 Å². The van der Waals surface area contributed by atoms with Crippen molar-refractivity contribution in [1.82, 2.24) is 24.8 Å². The molecular formula is C21H27N5O2. The fourth-order valence-electron chi connectivity index (χ4n) is 4.71. The SMILES string of the molecule is CCC(=O)N1CCc2[nH]cnc2C12CCN(C(=O)c1cnc(C)cc1C)CC2. The molecule has 1 saturated heterocycles. The molecule has 1 fully saturated rings. The van der Waals surface area contributed by atoms with Crippen molar-refractivity contribution in [3.8, 4) is 0 Å². The fraction of sp³-hybridized carbons (Fsp3) is 0.524. The number of pyridine rings is 1. The van der Waals surface area contributed by atoms with E-state index in [2.05, 4.69) is 15.0 Å². The molecule has 148 valence electrons. The van der Waals surface area contributed by atoms with E-state index in [0.29, 0.717) is 44.5 Å². The van der Waals surface area contributed by atoms with E-state index in [1.165, 1.54) is 0 Å². The lowest BCUT2D eigenvalue weighted by Crippen LogP contribution is -2.58. The Kier molecular flexibility index (Phi) is 4.69. The van der Waals surface area contributed by atoms with Crippen LogP contribution in [0.4, 0.5) is 0 Å². The maximum Gasteiger partial charge on any atom is 0.255 e. The Balaban J connectivity index is 1.59. The van der Waals surface area contributed by atoms with Crippen molar-refractivity contribution in [3.05, 3.63) is 46.8 Å². The number of carbonyl (C=O) groups is 2. The molecule has 2 aliphatic rings. The molecule has 2 aromatic rings. The zero-order valence-corrected chi connectivity index (χ0v) is 16.8. The number of H-pyrrole nitrogens is 1.